The van der Waals surface area contributed by atoms with E-state index < -0.39 is 101 Å². The summed E-state index contributed by atoms with van der Waals surface area (Å²) < 4.78 is 105. The van der Waals surface area contributed by atoms with E-state index in [2.05, 4.69) is 15.9 Å². The molecule has 92 valence electrons. The highest BCUT2D eigenvalue weighted by Gasteiger charge is 2.01. The van der Waals surface area contributed by atoms with Gasteiger partial charge in [-0.2, -0.15) is 0 Å². The molecular weight excluding hydrogens is 296 g/mol. The first kappa shape index (κ1) is 4.32. The largest absolute Gasteiger partial charge is 0.0636 e. The summed E-state index contributed by atoms with van der Waals surface area (Å²) in [5.41, 5.74) is -2.01. The fraction of sp³-hybridized carbons (Fsp3) is 0. The Morgan fingerprint density at radius 2 is 1.11 bits per heavy atom. The fourth-order valence-corrected chi connectivity index (χ4v) is 1.59. The normalized spacial score (nSPS) is 19.9. The second-order valence-corrected chi connectivity index (χ2v) is 4.23. The molecule has 0 saturated heterocycles. The van der Waals surface area contributed by atoms with Crippen molar-refractivity contribution in [1.82, 2.24) is 0 Å². The lowest BCUT2D eigenvalue weighted by molar-refractivity contribution is 1.57. The van der Waals surface area contributed by atoms with Crippen LogP contribution in [0.1, 0.15) is 17.8 Å². The first-order valence-corrected chi connectivity index (χ1v) is 5.98. The van der Waals surface area contributed by atoms with Crippen molar-refractivity contribution in [3.63, 3.8) is 0 Å². The van der Waals surface area contributed by atoms with Gasteiger partial charge in [0.05, 0.1) is 17.8 Å². The van der Waals surface area contributed by atoms with Gasteiger partial charge in [-0.3, -0.25) is 0 Å². The minimum absolute atomic E-state index is 0.136. The molecule has 0 aliphatic carbocycles. The average Bonchev–Trinajstić information content (AvgIpc) is 2.76. The monoisotopic (exact) mass is 321 g/mol. The number of hydrogen-bond donors (Lipinski definition) is 0. The third-order valence-corrected chi connectivity index (χ3v) is 2.62. The van der Waals surface area contributed by atoms with Crippen molar-refractivity contribution >= 4 is 15.9 Å². The van der Waals surface area contributed by atoms with Gasteiger partial charge in [-0.25, -0.2) is 0 Å². The maximum atomic E-state index is 8.62. The maximum absolute atomic E-state index is 8.62. The van der Waals surface area contributed by atoms with Gasteiger partial charge in [-0.05, 0) is 40.4 Å². The smallest absolute Gasteiger partial charge is 0.0622 e. The Kier molecular flexibility index (Phi) is 1.23. The molecule has 3 rings (SSSR count). The molecular formula is C18H13Br. The van der Waals surface area contributed by atoms with Crippen molar-refractivity contribution < 1.29 is 17.8 Å². The van der Waals surface area contributed by atoms with Crippen molar-refractivity contribution in [1.29, 1.82) is 0 Å². The molecule has 0 bridgehead atoms. The van der Waals surface area contributed by atoms with Crippen LogP contribution in [0.5, 0.6) is 0 Å². The molecule has 19 heavy (non-hydrogen) atoms. The molecule has 0 atom stereocenters. The van der Waals surface area contributed by atoms with Crippen molar-refractivity contribution in [3.8, 4) is 22.3 Å². The molecule has 0 fully saturated rings. The third-order valence-electron chi connectivity index (χ3n) is 2.22. The molecule has 0 saturated carbocycles. The van der Waals surface area contributed by atoms with E-state index in [-0.39, 0.29) is 4.47 Å². The summed E-state index contributed by atoms with van der Waals surface area (Å²) in [4.78, 5) is 0. The first-order chi connectivity index (χ1) is 14.7. The van der Waals surface area contributed by atoms with Gasteiger partial charge in [0.1, 0.15) is 0 Å². The molecule has 0 heterocycles. The molecule has 1 heteroatoms. The van der Waals surface area contributed by atoms with Crippen LogP contribution in [0.4, 0.5) is 0 Å². The summed E-state index contributed by atoms with van der Waals surface area (Å²) in [6.07, 6.45) is 0. The molecule has 0 amide bonds. The highest BCUT2D eigenvalue weighted by molar-refractivity contribution is 9.10. The second kappa shape index (κ2) is 5.41. The number of halogens is 1. The summed E-state index contributed by atoms with van der Waals surface area (Å²) >= 11 is 2.96. The van der Waals surface area contributed by atoms with Gasteiger partial charge in [0, 0.05) is 4.47 Å². The van der Waals surface area contributed by atoms with E-state index in [0.717, 1.165) is 0 Å². The van der Waals surface area contributed by atoms with Crippen LogP contribution in [0.2, 0.25) is 0 Å². The van der Waals surface area contributed by atoms with E-state index in [1.807, 2.05) is 0 Å². The minimum atomic E-state index is -0.752. The minimum Gasteiger partial charge on any atom is -0.0622 e. The molecule has 0 aliphatic rings. The highest BCUT2D eigenvalue weighted by atomic mass is 79.9. The molecule has 0 spiro atoms. The average molecular weight is 322 g/mol. The predicted octanol–water partition coefficient (Wildman–Crippen LogP) is 5.78. The summed E-state index contributed by atoms with van der Waals surface area (Å²) in [6.45, 7) is 0. The topological polar surface area (TPSA) is 0 Å². The van der Waals surface area contributed by atoms with E-state index in [1.165, 1.54) is 0 Å². The Bertz CT molecular complexity index is 1160. The van der Waals surface area contributed by atoms with Crippen LogP contribution >= 0.6 is 15.9 Å². The molecule has 3 aromatic rings. The van der Waals surface area contributed by atoms with Gasteiger partial charge >= 0.3 is 0 Å². The number of benzene rings is 3. The zero-order valence-electron chi connectivity index (χ0n) is 22.4. The van der Waals surface area contributed by atoms with Crippen LogP contribution in [0.3, 0.4) is 0 Å². The van der Waals surface area contributed by atoms with Gasteiger partial charge in [-0.1, -0.05) is 76.4 Å². The Morgan fingerprint density at radius 1 is 0.579 bits per heavy atom. The molecule has 3 aromatic carbocycles. The van der Waals surface area contributed by atoms with E-state index in [0.29, 0.717) is 0 Å². The van der Waals surface area contributed by atoms with Crippen molar-refractivity contribution in [2.24, 2.45) is 0 Å². The highest BCUT2D eigenvalue weighted by Crippen LogP contribution is 2.27. The van der Waals surface area contributed by atoms with Gasteiger partial charge < -0.3 is 0 Å². The number of hydrogen-bond acceptors (Lipinski definition) is 0. The molecule has 0 N–H and O–H groups in total. The van der Waals surface area contributed by atoms with E-state index in [4.69, 9.17) is 17.8 Å². The summed E-state index contributed by atoms with van der Waals surface area (Å²) in [7, 11) is 0. The van der Waals surface area contributed by atoms with Crippen molar-refractivity contribution in [3.05, 3.63) is 83.0 Å². The molecule has 0 radical (unpaired) electrons. The van der Waals surface area contributed by atoms with E-state index >= 15 is 0 Å². The first-order valence-electron chi connectivity index (χ1n) is 11.7. The second-order valence-electron chi connectivity index (χ2n) is 3.44. The zero-order valence-corrected chi connectivity index (χ0v) is 11.0. The summed E-state index contributed by atoms with van der Waals surface area (Å²) in [5.74, 6) is 0. The quantitative estimate of drug-likeness (QED) is 0.561. The van der Waals surface area contributed by atoms with Crippen molar-refractivity contribution in [2.75, 3.05) is 0 Å². The third kappa shape index (κ3) is 2.77. The van der Waals surface area contributed by atoms with E-state index in [9.17, 15) is 0 Å². The van der Waals surface area contributed by atoms with Gasteiger partial charge in [0.15, 0.2) is 0 Å². The lowest BCUT2D eigenvalue weighted by Gasteiger charge is -2.06. The summed E-state index contributed by atoms with van der Waals surface area (Å²) in [6, 6.07) is -8.58. The van der Waals surface area contributed by atoms with Crippen LogP contribution in [0, 0.1) is 0 Å². The predicted molar refractivity (Wildman–Crippen MR) is 85.0 cm³/mol. The number of rotatable bonds is 2. The maximum Gasteiger partial charge on any atom is 0.0636 e. The molecule has 0 aromatic heterocycles. The van der Waals surface area contributed by atoms with Gasteiger partial charge in [0.25, 0.3) is 0 Å². The van der Waals surface area contributed by atoms with Crippen LogP contribution in [-0.2, 0) is 0 Å². The molecule has 0 unspecified atom stereocenters. The zero-order chi connectivity index (χ0) is 24.4. The lowest BCUT2D eigenvalue weighted by atomic mass is 9.99. The van der Waals surface area contributed by atoms with Crippen LogP contribution in [0.15, 0.2) is 83.0 Å². The Balaban J connectivity index is 2.59. The Labute approximate surface area is 140 Å². The van der Waals surface area contributed by atoms with Crippen LogP contribution in [0.25, 0.3) is 22.3 Å². The molecule has 0 nitrogen and oxygen atoms in total. The van der Waals surface area contributed by atoms with Crippen molar-refractivity contribution in [2.45, 2.75) is 0 Å². The fourth-order valence-electron chi connectivity index (χ4n) is 1.39. The standard InChI is InChI=1S/C18H13Br/c19-18-11-9-15(10-12-18)17-8-4-7-16(13-17)14-5-2-1-3-6-14/h1-13H/i1D,2D,3D,4D,5D,6D,7D,8D,9D,10D,11D,12D,13D. The lowest BCUT2D eigenvalue weighted by Crippen LogP contribution is -1.81. The summed E-state index contributed by atoms with van der Waals surface area (Å²) in [5, 5.41) is 0. The van der Waals surface area contributed by atoms with Gasteiger partial charge in [0.2, 0.25) is 0 Å². The SMILES string of the molecule is [2H]c1c([2H])c([2H])c(-c2c([2H])c([2H])c([2H])c(-c3c([2H])c([2H])c(Br)c([2H])c3[2H])c2[2H])c([2H])c1[2H]. The Morgan fingerprint density at radius 3 is 1.74 bits per heavy atom. The van der Waals surface area contributed by atoms with Crippen LogP contribution in [-0.4, -0.2) is 0 Å². The van der Waals surface area contributed by atoms with Gasteiger partial charge in [-0.15, -0.1) is 0 Å². The Hall–Kier alpha value is -1.86. The van der Waals surface area contributed by atoms with E-state index in [1.54, 1.807) is 0 Å². The van der Waals surface area contributed by atoms with Crippen LogP contribution < -0.4 is 0 Å². The molecule has 0 aliphatic heterocycles.